The highest BCUT2D eigenvalue weighted by molar-refractivity contribution is 7.99. The summed E-state index contributed by atoms with van der Waals surface area (Å²) in [6, 6.07) is 10.9. The summed E-state index contributed by atoms with van der Waals surface area (Å²) in [5.74, 6) is 0.598. The van der Waals surface area contributed by atoms with E-state index in [1.165, 1.54) is 18.4 Å². The molecule has 4 rings (SSSR count). The molecule has 1 amide bonds. The van der Waals surface area contributed by atoms with Crippen molar-refractivity contribution < 1.29 is 9.53 Å². The summed E-state index contributed by atoms with van der Waals surface area (Å²) in [7, 11) is 0. The van der Waals surface area contributed by atoms with Gasteiger partial charge in [-0.2, -0.15) is 0 Å². The minimum Gasteiger partial charge on any atom is -0.372 e. The fourth-order valence-corrected chi connectivity index (χ4v) is 4.51. The number of carbonyl (C=O) groups excluding carboxylic acids is 1. The molecule has 5 nitrogen and oxygen atoms in total. The maximum Gasteiger partial charge on any atom is 0.233 e. The molecule has 138 valence electrons. The molecule has 0 spiro atoms. The highest BCUT2D eigenvalue weighted by atomic mass is 32.2. The summed E-state index contributed by atoms with van der Waals surface area (Å²) in [5, 5.41) is 0.953. The van der Waals surface area contributed by atoms with Gasteiger partial charge in [-0.15, -0.1) is 0 Å². The molecule has 0 radical (unpaired) electrons. The van der Waals surface area contributed by atoms with Crippen LogP contribution in [-0.2, 0) is 9.53 Å². The first-order valence-electron chi connectivity index (χ1n) is 9.30. The summed E-state index contributed by atoms with van der Waals surface area (Å²) >= 11 is 1.55. The number of aromatic nitrogens is 2. The van der Waals surface area contributed by atoms with Crippen LogP contribution in [0.4, 0.5) is 0 Å². The molecule has 26 heavy (non-hydrogen) atoms. The second-order valence-electron chi connectivity index (χ2n) is 7.24. The van der Waals surface area contributed by atoms with Gasteiger partial charge in [-0.05, 0) is 32.3 Å². The Kier molecular flexibility index (Phi) is 5.05. The number of ether oxygens (including phenoxy) is 1. The highest BCUT2D eigenvalue weighted by Crippen LogP contribution is 2.41. The maximum absolute atomic E-state index is 12.6. The van der Waals surface area contributed by atoms with E-state index in [4.69, 9.17) is 4.74 Å². The van der Waals surface area contributed by atoms with Crippen molar-refractivity contribution in [3.8, 4) is 11.3 Å². The van der Waals surface area contributed by atoms with Crippen molar-refractivity contribution in [2.24, 2.45) is 0 Å². The predicted molar refractivity (Wildman–Crippen MR) is 103 cm³/mol. The van der Waals surface area contributed by atoms with Crippen LogP contribution in [-0.4, -0.2) is 51.4 Å². The van der Waals surface area contributed by atoms with Gasteiger partial charge in [0.1, 0.15) is 0 Å². The van der Waals surface area contributed by atoms with Gasteiger partial charge in [0.05, 0.1) is 29.9 Å². The summed E-state index contributed by atoms with van der Waals surface area (Å²) in [5.41, 5.74) is 2.33. The standard InChI is InChI=1S/C20H25N3O2S/c1-14-11-22(12-15(2)25-14)19(24)13-26-20-21-10-18(23(20)17-8-9-17)16-6-4-3-5-7-16/h3-7,10,14-15,17H,8-9,11-13H2,1-2H3. The van der Waals surface area contributed by atoms with Gasteiger partial charge in [0, 0.05) is 19.1 Å². The lowest BCUT2D eigenvalue weighted by Crippen LogP contribution is -2.48. The van der Waals surface area contributed by atoms with Crippen LogP contribution in [0.2, 0.25) is 0 Å². The molecule has 6 heteroatoms. The van der Waals surface area contributed by atoms with E-state index >= 15 is 0 Å². The van der Waals surface area contributed by atoms with E-state index in [-0.39, 0.29) is 18.1 Å². The number of hydrogen-bond donors (Lipinski definition) is 0. The van der Waals surface area contributed by atoms with Gasteiger partial charge < -0.3 is 14.2 Å². The molecular weight excluding hydrogens is 346 g/mol. The van der Waals surface area contributed by atoms with Crippen LogP contribution in [0.1, 0.15) is 32.7 Å². The average Bonchev–Trinajstić information content (AvgIpc) is 3.38. The smallest absolute Gasteiger partial charge is 0.233 e. The molecule has 2 aliphatic rings. The molecule has 1 aromatic carbocycles. The second kappa shape index (κ2) is 7.45. The van der Waals surface area contributed by atoms with E-state index in [9.17, 15) is 4.79 Å². The van der Waals surface area contributed by atoms with Crippen molar-refractivity contribution >= 4 is 17.7 Å². The minimum atomic E-state index is 0.103. The Morgan fingerprint density at radius 1 is 1.19 bits per heavy atom. The maximum atomic E-state index is 12.6. The van der Waals surface area contributed by atoms with E-state index in [2.05, 4.69) is 33.8 Å². The number of nitrogens with zero attached hydrogens (tertiary/aromatic N) is 3. The van der Waals surface area contributed by atoms with Gasteiger partial charge in [0.15, 0.2) is 5.16 Å². The van der Waals surface area contributed by atoms with Gasteiger partial charge in [-0.3, -0.25) is 4.79 Å². The van der Waals surface area contributed by atoms with Crippen molar-refractivity contribution in [2.45, 2.75) is 50.1 Å². The monoisotopic (exact) mass is 371 g/mol. The second-order valence-corrected chi connectivity index (χ2v) is 8.18. The SMILES string of the molecule is CC1CN(C(=O)CSc2ncc(-c3ccccc3)n2C2CC2)CC(C)O1. The number of hydrogen-bond acceptors (Lipinski definition) is 4. The van der Waals surface area contributed by atoms with Crippen LogP contribution in [0.25, 0.3) is 11.3 Å². The van der Waals surface area contributed by atoms with Crippen molar-refractivity contribution in [3.63, 3.8) is 0 Å². The number of thioether (sulfide) groups is 1. The predicted octanol–water partition coefficient (Wildman–Crippen LogP) is 3.61. The molecule has 1 saturated heterocycles. The molecule has 1 aliphatic carbocycles. The number of benzene rings is 1. The molecule has 2 aromatic rings. The zero-order valence-corrected chi connectivity index (χ0v) is 16.1. The number of imidazole rings is 1. The Morgan fingerprint density at radius 3 is 2.54 bits per heavy atom. The van der Waals surface area contributed by atoms with E-state index in [1.54, 1.807) is 11.8 Å². The van der Waals surface area contributed by atoms with Gasteiger partial charge in [-0.1, -0.05) is 42.1 Å². The van der Waals surface area contributed by atoms with Gasteiger partial charge in [0.25, 0.3) is 0 Å². The largest absolute Gasteiger partial charge is 0.372 e. The van der Waals surface area contributed by atoms with Crippen molar-refractivity contribution in [1.82, 2.24) is 14.5 Å². The summed E-state index contributed by atoms with van der Waals surface area (Å²) in [4.78, 5) is 19.2. The number of morpholine rings is 1. The Bertz CT molecular complexity index is 763. The van der Waals surface area contributed by atoms with Crippen LogP contribution >= 0.6 is 11.8 Å². The van der Waals surface area contributed by atoms with E-state index in [0.717, 1.165) is 10.9 Å². The number of carbonyl (C=O) groups is 1. The summed E-state index contributed by atoms with van der Waals surface area (Å²) in [6.45, 7) is 5.40. The first-order chi connectivity index (χ1) is 12.6. The summed E-state index contributed by atoms with van der Waals surface area (Å²) < 4.78 is 8.04. The molecule has 0 N–H and O–H groups in total. The molecule has 2 unspecified atom stereocenters. The van der Waals surface area contributed by atoms with Gasteiger partial charge in [-0.25, -0.2) is 4.98 Å². The third kappa shape index (κ3) is 3.81. The van der Waals surface area contributed by atoms with E-state index in [1.807, 2.05) is 31.0 Å². The average molecular weight is 372 g/mol. The van der Waals surface area contributed by atoms with Crippen molar-refractivity contribution in [2.75, 3.05) is 18.8 Å². The van der Waals surface area contributed by atoms with Crippen LogP contribution in [0.3, 0.4) is 0 Å². The van der Waals surface area contributed by atoms with Gasteiger partial charge in [0.2, 0.25) is 5.91 Å². The zero-order chi connectivity index (χ0) is 18.1. The fraction of sp³-hybridized carbons (Fsp3) is 0.500. The minimum absolute atomic E-state index is 0.103. The number of amides is 1. The first-order valence-corrected chi connectivity index (χ1v) is 10.3. The molecule has 2 fully saturated rings. The quantitative estimate of drug-likeness (QED) is 0.753. The number of rotatable bonds is 5. The normalized spacial score (nSPS) is 23.2. The Morgan fingerprint density at radius 2 is 1.88 bits per heavy atom. The molecular formula is C20H25N3O2S. The molecule has 2 atom stereocenters. The molecule has 2 heterocycles. The third-order valence-electron chi connectivity index (χ3n) is 4.84. The molecule has 1 aromatic heterocycles. The Hall–Kier alpha value is -1.79. The third-order valence-corrected chi connectivity index (χ3v) is 5.79. The molecule has 1 saturated carbocycles. The van der Waals surface area contributed by atoms with Crippen LogP contribution in [0.5, 0.6) is 0 Å². The Balaban J connectivity index is 1.47. The lowest BCUT2D eigenvalue weighted by molar-refractivity contribution is -0.140. The molecule has 0 bridgehead atoms. The van der Waals surface area contributed by atoms with Crippen molar-refractivity contribution in [1.29, 1.82) is 0 Å². The van der Waals surface area contributed by atoms with Gasteiger partial charge >= 0.3 is 0 Å². The molecule has 1 aliphatic heterocycles. The topological polar surface area (TPSA) is 47.4 Å². The summed E-state index contributed by atoms with van der Waals surface area (Å²) in [6.07, 6.45) is 4.53. The fourth-order valence-electron chi connectivity index (χ4n) is 3.56. The van der Waals surface area contributed by atoms with E-state index < -0.39 is 0 Å². The van der Waals surface area contributed by atoms with Crippen molar-refractivity contribution in [3.05, 3.63) is 36.5 Å². The first kappa shape index (κ1) is 17.6. The highest BCUT2D eigenvalue weighted by Gasteiger charge is 2.30. The Labute approximate surface area is 158 Å². The van der Waals surface area contributed by atoms with Crippen LogP contribution in [0, 0.1) is 0 Å². The van der Waals surface area contributed by atoms with E-state index in [0.29, 0.717) is 24.9 Å². The van der Waals surface area contributed by atoms with Crippen LogP contribution in [0.15, 0.2) is 41.7 Å². The lowest BCUT2D eigenvalue weighted by Gasteiger charge is -2.35. The lowest BCUT2D eigenvalue weighted by atomic mass is 10.2. The zero-order valence-electron chi connectivity index (χ0n) is 15.3. The van der Waals surface area contributed by atoms with Crippen LogP contribution < -0.4 is 0 Å².